The third kappa shape index (κ3) is 3.33. The van der Waals surface area contributed by atoms with Crippen LogP contribution in [-0.4, -0.2) is 17.6 Å². The predicted molar refractivity (Wildman–Crippen MR) is 96.7 cm³/mol. The molecule has 0 radical (unpaired) electrons. The van der Waals surface area contributed by atoms with Gasteiger partial charge in [-0.2, -0.15) is 0 Å². The Morgan fingerprint density at radius 3 is 2.80 bits per heavy atom. The number of fused-ring (bicyclic) bond motifs is 1. The van der Waals surface area contributed by atoms with Crippen molar-refractivity contribution in [3.63, 3.8) is 0 Å². The molecule has 2 aromatic carbocycles. The van der Waals surface area contributed by atoms with E-state index in [1.165, 1.54) is 0 Å². The molecular formula is C21H19NO3. The number of oxazole rings is 1. The van der Waals surface area contributed by atoms with Crippen LogP contribution in [0, 0.1) is 11.8 Å². The van der Waals surface area contributed by atoms with Crippen LogP contribution < -0.4 is 0 Å². The monoisotopic (exact) mass is 333 g/mol. The maximum atomic E-state index is 11.6. The number of allylic oxidation sites excluding steroid dienone is 1. The molecule has 2 atom stereocenters. The standard InChI is InChI=1S/C21H19NO3/c1-2-24-21(23)17-13-16(17)12-9-14-7-10-15(11-8-14)20-22-18-5-3-4-6-19(18)25-20/h3-12,16-17H,2,13H2,1H3/b12-9-/t16-,17-/m1/s1. The fourth-order valence-electron chi connectivity index (χ4n) is 2.91. The quantitative estimate of drug-likeness (QED) is 0.635. The van der Waals surface area contributed by atoms with Gasteiger partial charge in [0.2, 0.25) is 5.89 Å². The van der Waals surface area contributed by atoms with Gasteiger partial charge in [0.15, 0.2) is 5.58 Å². The van der Waals surface area contributed by atoms with Gasteiger partial charge in [-0.25, -0.2) is 4.98 Å². The van der Waals surface area contributed by atoms with Crippen LogP contribution in [0.2, 0.25) is 0 Å². The van der Waals surface area contributed by atoms with Crippen molar-refractivity contribution in [3.05, 3.63) is 60.2 Å². The Kier molecular flexibility index (Phi) is 4.10. The lowest BCUT2D eigenvalue weighted by molar-refractivity contribution is -0.144. The molecule has 4 rings (SSSR count). The lowest BCUT2D eigenvalue weighted by Gasteiger charge is -1.99. The number of nitrogens with zero attached hydrogens (tertiary/aromatic N) is 1. The van der Waals surface area contributed by atoms with Crippen molar-refractivity contribution >= 4 is 23.1 Å². The zero-order valence-corrected chi connectivity index (χ0v) is 14.0. The van der Waals surface area contributed by atoms with E-state index in [4.69, 9.17) is 9.15 Å². The molecule has 3 aromatic rings. The van der Waals surface area contributed by atoms with Gasteiger partial charge in [-0.05, 0) is 49.1 Å². The van der Waals surface area contributed by atoms with E-state index in [9.17, 15) is 4.79 Å². The first-order valence-electron chi connectivity index (χ1n) is 8.55. The van der Waals surface area contributed by atoms with Crippen LogP contribution in [0.15, 0.2) is 59.0 Å². The summed E-state index contributed by atoms with van der Waals surface area (Å²) in [6.07, 6.45) is 5.03. The third-order valence-corrected chi connectivity index (χ3v) is 4.42. The average Bonchev–Trinajstić information content (AvgIpc) is 3.29. The molecule has 1 aliphatic carbocycles. The van der Waals surface area contributed by atoms with Crippen LogP contribution >= 0.6 is 0 Å². The van der Waals surface area contributed by atoms with E-state index in [1.54, 1.807) is 0 Å². The van der Waals surface area contributed by atoms with Crippen molar-refractivity contribution in [2.24, 2.45) is 11.8 Å². The molecule has 1 aromatic heterocycles. The number of esters is 1. The highest BCUT2D eigenvalue weighted by molar-refractivity contribution is 5.77. The summed E-state index contributed by atoms with van der Waals surface area (Å²) in [6.45, 7) is 2.28. The highest BCUT2D eigenvalue weighted by Gasteiger charge is 2.42. The first-order valence-corrected chi connectivity index (χ1v) is 8.55. The summed E-state index contributed by atoms with van der Waals surface area (Å²) in [7, 11) is 0. The first-order chi connectivity index (χ1) is 12.2. The fraction of sp³-hybridized carbons (Fsp3) is 0.238. The molecule has 0 amide bonds. The molecule has 0 saturated heterocycles. The smallest absolute Gasteiger partial charge is 0.309 e. The minimum Gasteiger partial charge on any atom is -0.466 e. The van der Waals surface area contributed by atoms with Crippen molar-refractivity contribution < 1.29 is 13.9 Å². The van der Waals surface area contributed by atoms with Crippen molar-refractivity contribution in [1.29, 1.82) is 0 Å². The molecule has 1 aliphatic rings. The first kappa shape index (κ1) is 15.6. The van der Waals surface area contributed by atoms with E-state index in [1.807, 2.05) is 55.5 Å². The van der Waals surface area contributed by atoms with Crippen molar-refractivity contribution in [2.45, 2.75) is 13.3 Å². The van der Waals surface area contributed by atoms with Crippen LogP contribution in [0.5, 0.6) is 0 Å². The summed E-state index contributed by atoms with van der Waals surface area (Å²) in [5.41, 5.74) is 3.69. The maximum absolute atomic E-state index is 11.6. The average molecular weight is 333 g/mol. The lowest BCUT2D eigenvalue weighted by Crippen LogP contribution is -2.06. The SMILES string of the molecule is CCOC(=O)[C@@H]1C[C@H]1/C=C\c1ccc(-c2nc3ccccc3o2)cc1. The molecule has 1 fully saturated rings. The third-order valence-electron chi connectivity index (χ3n) is 4.42. The number of ether oxygens (including phenoxy) is 1. The Morgan fingerprint density at radius 2 is 2.04 bits per heavy atom. The van der Waals surface area contributed by atoms with E-state index in [2.05, 4.69) is 17.1 Å². The number of benzene rings is 2. The Labute approximate surface area is 146 Å². The molecule has 0 N–H and O–H groups in total. The Balaban J connectivity index is 1.44. The van der Waals surface area contributed by atoms with E-state index in [0.29, 0.717) is 18.4 Å². The number of rotatable bonds is 5. The van der Waals surface area contributed by atoms with Crippen molar-refractivity contribution in [1.82, 2.24) is 4.98 Å². The maximum Gasteiger partial charge on any atom is 0.309 e. The van der Waals surface area contributed by atoms with Gasteiger partial charge in [0.1, 0.15) is 5.52 Å². The topological polar surface area (TPSA) is 52.3 Å². The van der Waals surface area contributed by atoms with Gasteiger partial charge in [0.05, 0.1) is 12.5 Å². The molecule has 0 unspecified atom stereocenters. The molecule has 4 heteroatoms. The molecule has 0 bridgehead atoms. The van der Waals surface area contributed by atoms with Gasteiger partial charge in [-0.1, -0.05) is 36.4 Å². The second kappa shape index (κ2) is 6.55. The van der Waals surface area contributed by atoms with E-state index < -0.39 is 0 Å². The largest absolute Gasteiger partial charge is 0.466 e. The molecule has 126 valence electrons. The molecule has 25 heavy (non-hydrogen) atoms. The van der Waals surface area contributed by atoms with Crippen LogP contribution in [0.3, 0.4) is 0 Å². The van der Waals surface area contributed by atoms with Gasteiger partial charge in [-0.3, -0.25) is 4.79 Å². The second-order valence-corrected chi connectivity index (χ2v) is 6.23. The number of aromatic nitrogens is 1. The molecule has 0 spiro atoms. The van der Waals surface area contributed by atoms with E-state index >= 15 is 0 Å². The summed E-state index contributed by atoms with van der Waals surface area (Å²) >= 11 is 0. The normalized spacial score (nSPS) is 19.4. The van der Waals surface area contributed by atoms with Gasteiger partial charge in [0, 0.05) is 5.56 Å². The summed E-state index contributed by atoms with van der Waals surface area (Å²) in [4.78, 5) is 16.1. The number of carbonyl (C=O) groups excluding carboxylic acids is 1. The highest BCUT2D eigenvalue weighted by Crippen LogP contribution is 2.41. The molecular weight excluding hydrogens is 314 g/mol. The van der Waals surface area contributed by atoms with Crippen LogP contribution in [0.4, 0.5) is 0 Å². The second-order valence-electron chi connectivity index (χ2n) is 6.23. The van der Waals surface area contributed by atoms with Gasteiger partial charge in [0.25, 0.3) is 0 Å². The summed E-state index contributed by atoms with van der Waals surface area (Å²) < 4.78 is 10.8. The zero-order valence-electron chi connectivity index (χ0n) is 14.0. The van der Waals surface area contributed by atoms with Crippen molar-refractivity contribution in [2.75, 3.05) is 6.61 Å². The number of para-hydroxylation sites is 2. The Bertz CT molecular complexity index is 891. The summed E-state index contributed by atoms with van der Waals surface area (Å²) in [5, 5.41) is 0. The van der Waals surface area contributed by atoms with E-state index in [-0.39, 0.29) is 11.9 Å². The molecule has 0 aliphatic heterocycles. The molecule has 4 nitrogen and oxygen atoms in total. The summed E-state index contributed by atoms with van der Waals surface area (Å²) in [6, 6.07) is 15.8. The lowest BCUT2D eigenvalue weighted by atomic mass is 10.1. The van der Waals surface area contributed by atoms with Crippen LogP contribution in [0.25, 0.3) is 28.6 Å². The van der Waals surface area contributed by atoms with E-state index in [0.717, 1.165) is 28.6 Å². The number of carbonyl (C=O) groups is 1. The van der Waals surface area contributed by atoms with Crippen molar-refractivity contribution in [3.8, 4) is 11.5 Å². The minimum absolute atomic E-state index is 0.0372. The van der Waals surface area contributed by atoms with Gasteiger partial charge < -0.3 is 9.15 Å². The summed E-state index contributed by atoms with van der Waals surface area (Å²) in [5.74, 6) is 0.885. The minimum atomic E-state index is -0.0801. The molecule has 1 saturated carbocycles. The van der Waals surface area contributed by atoms with Crippen LogP contribution in [0.1, 0.15) is 18.9 Å². The zero-order chi connectivity index (χ0) is 17.2. The highest BCUT2D eigenvalue weighted by atomic mass is 16.5. The van der Waals surface area contributed by atoms with Crippen LogP contribution in [-0.2, 0) is 9.53 Å². The fourth-order valence-corrected chi connectivity index (χ4v) is 2.91. The van der Waals surface area contributed by atoms with Gasteiger partial charge in [-0.15, -0.1) is 0 Å². The number of hydrogen-bond acceptors (Lipinski definition) is 4. The Morgan fingerprint density at radius 1 is 1.24 bits per heavy atom. The Hall–Kier alpha value is -2.88. The number of hydrogen-bond donors (Lipinski definition) is 0. The predicted octanol–water partition coefficient (Wildman–Crippen LogP) is 4.71. The molecule has 1 heterocycles. The van der Waals surface area contributed by atoms with Gasteiger partial charge >= 0.3 is 5.97 Å².